The monoisotopic (exact) mass is 227 g/mol. The Kier molecular flexibility index (Phi) is 3.50. The fourth-order valence-electron chi connectivity index (χ4n) is 2.57. The molecule has 0 aromatic heterocycles. The van der Waals surface area contributed by atoms with Crippen molar-refractivity contribution in [3.05, 3.63) is 0 Å². The van der Waals surface area contributed by atoms with Crippen LogP contribution in [0, 0.1) is 11.8 Å². The van der Waals surface area contributed by atoms with Crippen LogP contribution in [0.1, 0.15) is 32.6 Å². The fraction of sp³-hybridized carbons (Fsp3) is 0.917. The number of hydrogen-bond acceptors (Lipinski definition) is 3. The van der Waals surface area contributed by atoms with Crippen molar-refractivity contribution in [1.29, 1.82) is 0 Å². The smallest absolute Gasteiger partial charge is 0.320 e. The van der Waals surface area contributed by atoms with Crippen LogP contribution in [0.25, 0.3) is 0 Å². The highest BCUT2D eigenvalue weighted by molar-refractivity contribution is 5.72. The van der Waals surface area contributed by atoms with Gasteiger partial charge in [0, 0.05) is 13.1 Å². The van der Waals surface area contributed by atoms with Crippen LogP contribution in [-0.4, -0.2) is 46.3 Å². The number of nitrogens with zero attached hydrogens (tertiary/aromatic N) is 1. The molecule has 1 saturated carbocycles. The Morgan fingerprint density at radius 3 is 2.69 bits per heavy atom. The molecule has 92 valence electrons. The molecule has 0 unspecified atom stereocenters. The SMILES string of the molecule is C[C@H](C(=O)O)N1CC[C@H](O)[C@@H](CC2CC2)C1. The van der Waals surface area contributed by atoms with E-state index in [0.717, 1.165) is 25.3 Å². The zero-order chi connectivity index (χ0) is 11.7. The van der Waals surface area contributed by atoms with Crippen LogP contribution in [0.4, 0.5) is 0 Å². The lowest BCUT2D eigenvalue weighted by Crippen LogP contribution is -2.49. The summed E-state index contributed by atoms with van der Waals surface area (Å²) >= 11 is 0. The van der Waals surface area contributed by atoms with E-state index < -0.39 is 12.0 Å². The van der Waals surface area contributed by atoms with E-state index in [1.807, 2.05) is 4.90 Å². The number of aliphatic hydroxyl groups excluding tert-OH is 1. The molecular formula is C12H21NO3. The van der Waals surface area contributed by atoms with Gasteiger partial charge in [-0.3, -0.25) is 9.69 Å². The Morgan fingerprint density at radius 2 is 2.12 bits per heavy atom. The minimum atomic E-state index is -0.762. The van der Waals surface area contributed by atoms with Gasteiger partial charge >= 0.3 is 5.97 Å². The molecule has 0 radical (unpaired) electrons. The highest BCUT2D eigenvalue weighted by Gasteiger charge is 2.35. The summed E-state index contributed by atoms with van der Waals surface area (Å²) in [6.07, 6.45) is 4.15. The molecule has 4 nitrogen and oxygen atoms in total. The van der Waals surface area contributed by atoms with E-state index in [-0.39, 0.29) is 12.0 Å². The quantitative estimate of drug-likeness (QED) is 0.750. The van der Waals surface area contributed by atoms with E-state index >= 15 is 0 Å². The summed E-state index contributed by atoms with van der Waals surface area (Å²) in [6.45, 7) is 3.18. The van der Waals surface area contributed by atoms with Crippen LogP contribution in [0.2, 0.25) is 0 Å². The number of aliphatic hydroxyl groups is 1. The van der Waals surface area contributed by atoms with Gasteiger partial charge in [0.15, 0.2) is 0 Å². The lowest BCUT2D eigenvalue weighted by Gasteiger charge is -2.38. The number of hydrogen-bond donors (Lipinski definition) is 2. The van der Waals surface area contributed by atoms with Gasteiger partial charge in [0.25, 0.3) is 0 Å². The summed E-state index contributed by atoms with van der Waals surface area (Å²) in [7, 11) is 0. The van der Waals surface area contributed by atoms with Crippen molar-refractivity contribution in [1.82, 2.24) is 4.90 Å². The average Bonchev–Trinajstić information content (AvgIpc) is 3.04. The van der Waals surface area contributed by atoms with E-state index in [4.69, 9.17) is 5.11 Å². The molecule has 2 fully saturated rings. The van der Waals surface area contributed by atoms with Crippen LogP contribution in [0.15, 0.2) is 0 Å². The van der Waals surface area contributed by atoms with Gasteiger partial charge in [-0.15, -0.1) is 0 Å². The topological polar surface area (TPSA) is 60.8 Å². The Labute approximate surface area is 96.3 Å². The molecule has 0 aromatic rings. The molecule has 0 aromatic carbocycles. The van der Waals surface area contributed by atoms with Crippen LogP contribution in [0.5, 0.6) is 0 Å². The first-order valence-electron chi connectivity index (χ1n) is 6.23. The Balaban J connectivity index is 1.89. The van der Waals surface area contributed by atoms with Gasteiger partial charge in [-0.25, -0.2) is 0 Å². The third kappa shape index (κ3) is 2.74. The number of carbonyl (C=O) groups is 1. The second-order valence-electron chi connectivity index (χ2n) is 5.30. The number of carboxylic acid groups (broad SMARTS) is 1. The summed E-state index contributed by atoms with van der Waals surface area (Å²) in [5.41, 5.74) is 0. The fourth-order valence-corrected chi connectivity index (χ4v) is 2.57. The summed E-state index contributed by atoms with van der Waals surface area (Å²) < 4.78 is 0. The van der Waals surface area contributed by atoms with Crippen molar-refractivity contribution in [2.75, 3.05) is 13.1 Å². The van der Waals surface area contributed by atoms with Crippen LogP contribution in [-0.2, 0) is 4.79 Å². The van der Waals surface area contributed by atoms with E-state index in [0.29, 0.717) is 6.54 Å². The third-order valence-corrected chi connectivity index (χ3v) is 3.96. The van der Waals surface area contributed by atoms with E-state index in [1.165, 1.54) is 12.8 Å². The van der Waals surface area contributed by atoms with Gasteiger partial charge in [0.05, 0.1) is 6.10 Å². The van der Waals surface area contributed by atoms with E-state index in [2.05, 4.69) is 0 Å². The van der Waals surface area contributed by atoms with Gasteiger partial charge in [-0.1, -0.05) is 12.8 Å². The maximum Gasteiger partial charge on any atom is 0.320 e. The normalized spacial score (nSPS) is 33.6. The average molecular weight is 227 g/mol. The van der Waals surface area contributed by atoms with Crippen molar-refractivity contribution in [2.45, 2.75) is 44.8 Å². The second kappa shape index (κ2) is 4.72. The highest BCUT2D eigenvalue weighted by Crippen LogP contribution is 2.38. The van der Waals surface area contributed by atoms with Crippen molar-refractivity contribution in [3.63, 3.8) is 0 Å². The molecule has 1 saturated heterocycles. The zero-order valence-corrected chi connectivity index (χ0v) is 9.80. The molecule has 2 aliphatic rings. The molecule has 2 rings (SSSR count). The zero-order valence-electron chi connectivity index (χ0n) is 9.80. The second-order valence-corrected chi connectivity index (χ2v) is 5.30. The number of carboxylic acids is 1. The maximum atomic E-state index is 10.9. The molecule has 2 N–H and O–H groups in total. The summed E-state index contributed by atoms with van der Waals surface area (Å²) in [5, 5.41) is 18.9. The molecule has 1 aliphatic heterocycles. The molecule has 0 amide bonds. The molecule has 4 heteroatoms. The minimum absolute atomic E-state index is 0.224. The number of piperidine rings is 1. The lowest BCUT2D eigenvalue weighted by atomic mass is 9.89. The van der Waals surface area contributed by atoms with Crippen LogP contribution >= 0.6 is 0 Å². The molecular weight excluding hydrogens is 206 g/mol. The summed E-state index contributed by atoms with van der Waals surface area (Å²) in [6, 6.07) is -0.422. The van der Waals surface area contributed by atoms with Crippen molar-refractivity contribution in [3.8, 4) is 0 Å². The van der Waals surface area contributed by atoms with Gasteiger partial charge in [-0.05, 0) is 31.6 Å². The Morgan fingerprint density at radius 1 is 1.44 bits per heavy atom. The van der Waals surface area contributed by atoms with Gasteiger partial charge in [0.1, 0.15) is 6.04 Å². The van der Waals surface area contributed by atoms with Crippen LogP contribution < -0.4 is 0 Å². The molecule has 1 aliphatic carbocycles. The van der Waals surface area contributed by atoms with Gasteiger partial charge < -0.3 is 10.2 Å². The number of rotatable bonds is 4. The first-order chi connectivity index (χ1) is 7.58. The third-order valence-electron chi connectivity index (χ3n) is 3.96. The highest BCUT2D eigenvalue weighted by atomic mass is 16.4. The van der Waals surface area contributed by atoms with Crippen molar-refractivity contribution >= 4 is 5.97 Å². The molecule has 3 atom stereocenters. The maximum absolute atomic E-state index is 10.9. The lowest BCUT2D eigenvalue weighted by molar-refractivity contribution is -0.144. The molecule has 16 heavy (non-hydrogen) atoms. The van der Waals surface area contributed by atoms with Gasteiger partial charge in [0.2, 0.25) is 0 Å². The number of aliphatic carboxylic acids is 1. The predicted molar refractivity (Wildman–Crippen MR) is 60.1 cm³/mol. The van der Waals surface area contributed by atoms with Gasteiger partial charge in [-0.2, -0.15) is 0 Å². The first kappa shape index (κ1) is 11.9. The number of likely N-dealkylation sites (tertiary alicyclic amines) is 1. The van der Waals surface area contributed by atoms with Crippen molar-refractivity contribution in [2.24, 2.45) is 11.8 Å². The van der Waals surface area contributed by atoms with E-state index in [1.54, 1.807) is 6.92 Å². The molecule has 0 spiro atoms. The van der Waals surface area contributed by atoms with E-state index in [9.17, 15) is 9.90 Å². The largest absolute Gasteiger partial charge is 0.480 e. The summed E-state index contributed by atoms with van der Waals surface area (Å²) in [4.78, 5) is 12.9. The first-order valence-corrected chi connectivity index (χ1v) is 6.23. The predicted octanol–water partition coefficient (Wildman–Crippen LogP) is 0.942. The Bertz CT molecular complexity index is 265. The Hall–Kier alpha value is -0.610. The minimum Gasteiger partial charge on any atom is -0.480 e. The van der Waals surface area contributed by atoms with Crippen molar-refractivity contribution < 1.29 is 15.0 Å². The van der Waals surface area contributed by atoms with Crippen LogP contribution in [0.3, 0.4) is 0 Å². The standard InChI is InChI=1S/C12H21NO3/c1-8(12(15)16)13-5-4-11(14)10(7-13)6-9-2-3-9/h8-11,14H,2-7H2,1H3,(H,15,16)/t8-,10+,11+/m1/s1. The molecule has 1 heterocycles. The summed E-state index contributed by atoms with van der Waals surface area (Å²) in [5.74, 6) is 0.310. The molecule has 0 bridgehead atoms.